The molecule has 3 rings (SSSR count). The van der Waals surface area contributed by atoms with Crippen LogP contribution in [0.5, 0.6) is 0 Å². The summed E-state index contributed by atoms with van der Waals surface area (Å²) in [7, 11) is 0. The molecular formula is C19H18N4OS. The van der Waals surface area contributed by atoms with Crippen LogP contribution in [0, 0.1) is 0 Å². The average molecular weight is 350 g/mol. The second-order valence-corrected chi connectivity index (χ2v) is 6.38. The van der Waals surface area contributed by atoms with Gasteiger partial charge < -0.3 is 5.32 Å². The standard InChI is InChI=1S/C19H18N4OS/c1-2-14-3-5-16(6-4-14)21-18(24)13-25-19-8-7-17(22-23-19)15-9-11-20-12-10-15/h3-12H,2,13H2,1H3,(H,21,24). The molecule has 0 spiro atoms. The molecule has 0 fully saturated rings. The maximum absolute atomic E-state index is 12.0. The Morgan fingerprint density at radius 1 is 1.00 bits per heavy atom. The van der Waals surface area contributed by atoms with E-state index in [1.54, 1.807) is 12.4 Å². The summed E-state index contributed by atoms with van der Waals surface area (Å²) in [6, 6.07) is 15.4. The van der Waals surface area contributed by atoms with E-state index in [-0.39, 0.29) is 5.91 Å². The van der Waals surface area contributed by atoms with Gasteiger partial charge in [0.1, 0.15) is 5.03 Å². The van der Waals surface area contributed by atoms with Gasteiger partial charge in [-0.15, -0.1) is 10.2 Å². The van der Waals surface area contributed by atoms with Gasteiger partial charge >= 0.3 is 0 Å². The first-order chi connectivity index (χ1) is 12.2. The van der Waals surface area contributed by atoms with Crippen molar-refractivity contribution in [1.29, 1.82) is 0 Å². The number of thioether (sulfide) groups is 1. The third-order valence-electron chi connectivity index (χ3n) is 3.61. The topological polar surface area (TPSA) is 67.8 Å². The van der Waals surface area contributed by atoms with Crippen LogP contribution in [0.1, 0.15) is 12.5 Å². The van der Waals surface area contributed by atoms with E-state index in [1.165, 1.54) is 17.3 Å². The number of aryl methyl sites for hydroxylation is 1. The van der Waals surface area contributed by atoms with Gasteiger partial charge in [-0.05, 0) is 48.4 Å². The Hall–Kier alpha value is -2.73. The molecule has 0 bridgehead atoms. The summed E-state index contributed by atoms with van der Waals surface area (Å²) < 4.78 is 0. The highest BCUT2D eigenvalue weighted by molar-refractivity contribution is 7.99. The van der Waals surface area contributed by atoms with Crippen molar-refractivity contribution < 1.29 is 4.79 Å². The first kappa shape index (κ1) is 17.1. The minimum Gasteiger partial charge on any atom is -0.325 e. The van der Waals surface area contributed by atoms with E-state index in [4.69, 9.17) is 0 Å². The van der Waals surface area contributed by atoms with Crippen LogP contribution in [-0.4, -0.2) is 26.8 Å². The molecule has 0 aliphatic heterocycles. The van der Waals surface area contributed by atoms with Crippen molar-refractivity contribution in [2.45, 2.75) is 18.4 Å². The predicted molar refractivity (Wildman–Crippen MR) is 100 cm³/mol. The lowest BCUT2D eigenvalue weighted by Crippen LogP contribution is -2.14. The second kappa shape index (κ2) is 8.39. The number of nitrogens with zero attached hydrogens (tertiary/aromatic N) is 3. The molecule has 126 valence electrons. The van der Waals surface area contributed by atoms with Crippen molar-refractivity contribution in [3.05, 3.63) is 66.5 Å². The Morgan fingerprint density at radius 3 is 2.40 bits per heavy atom. The highest BCUT2D eigenvalue weighted by Crippen LogP contribution is 2.19. The van der Waals surface area contributed by atoms with Crippen molar-refractivity contribution in [1.82, 2.24) is 15.2 Å². The van der Waals surface area contributed by atoms with Gasteiger partial charge in [0.2, 0.25) is 5.91 Å². The monoisotopic (exact) mass is 350 g/mol. The van der Waals surface area contributed by atoms with Gasteiger partial charge in [-0.1, -0.05) is 30.8 Å². The van der Waals surface area contributed by atoms with Crippen LogP contribution in [0.4, 0.5) is 5.69 Å². The number of carbonyl (C=O) groups is 1. The van der Waals surface area contributed by atoms with Gasteiger partial charge in [0, 0.05) is 23.6 Å². The van der Waals surface area contributed by atoms with E-state index in [9.17, 15) is 4.79 Å². The molecule has 0 aliphatic rings. The summed E-state index contributed by atoms with van der Waals surface area (Å²) in [5.74, 6) is 0.230. The second-order valence-electron chi connectivity index (χ2n) is 5.38. The number of rotatable bonds is 6. The number of pyridine rings is 1. The van der Waals surface area contributed by atoms with E-state index in [1.807, 2.05) is 48.5 Å². The van der Waals surface area contributed by atoms with Gasteiger partial charge in [-0.3, -0.25) is 9.78 Å². The lowest BCUT2D eigenvalue weighted by Gasteiger charge is -2.06. The van der Waals surface area contributed by atoms with E-state index in [2.05, 4.69) is 27.4 Å². The van der Waals surface area contributed by atoms with Gasteiger partial charge in [-0.2, -0.15) is 0 Å². The molecule has 2 aromatic heterocycles. The third-order valence-corrected chi connectivity index (χ3v) is 4.53. The zero-order valence-electron chi connectivity index (χ0n) is 13.8. The fourth-order valence-corrected chi connectivity index (χ4v) is 2.85. The molecular weight excluding hydrogens is 332 g/mol. The number of benzene rings is 1. The van der Waals surface area contributed by atoms with Crippen LogP contribution >= 0.6 is 11.8 Å². The van der Waals surface area contributed by atoms with E-state index in [0.29, 0.717) is 10.8 Å². The molecule has 0 aliphatic carbocycles. The lowest BCUT2D eigenvalue weighted by atomic mass is 10.1. The number of nitrogens with one attached hydrogen (secondary N) is 1. The van der Waals surface area contributed by atoms with Crippen molar-refractivity contribution in [3.8, 4) is 11.3 Å². The van der Waals surface area contributed by atoms with E-state index in [0.717, 1.165) is 23.4 Å². The predicted octanol–water partition coefficient (Wildman–Crippen LogP) is 3.83. The first-order valence-electron chi connectivity index (χ1n) is 8.00. The van der Waals surface area contributed by atoms with E-state index < -0.39 is 0 Å². The summed E-state index contributed by atoms with van der Waals surface area (Å²) >= 11 is 1.36. The van der Waals surface area contributed by atoms with Crippen LogP contribution in [0.25, 0.3) is 11.3 Å². The Kier molecular flexibility index (Phi) is 5.74. The zero-order valence-corrected chi connectivity index (χ0v) is 14.7. The van der Waals surface area contributed by atoms with E-state index >= 15 is 0 Å². The maximum Gasteiger partial charge on any atom is 0.234 e. The quantitative estimate of drug-likeness (QED) is 0.684. The maximum atomic E-state index is 12.0. The number of hydrogen-bond acceptors (Lipinski definition) is 5. The highest BCUT2D eigenvalue weighted by Gasteiger charge is 2.06. The molecule has 5 nitrogen and oxygen atoms in total. The number of anilines is 1. The minimum atomic E-state index is -0.0609. The van der Waals surface area contributed by atoms with Gasteiger partial charge in [0.25, 0.3) is 0 Å². The smallest absolute Gasteiger partial charge is 0.234 e. The summed E-state index contributed by atoms with van der Waals surface area (Å²) in [6.07, 6.45) is 4.42. The molecule has 0 atom stereocenters. The molecule has 2 heterocycles. The van der Waals surface area contributed by atoms with Crippen molar-refractivity contribution in [2.75, 3.05) is 11.1 Å². The average Bonchev–Trinajstić information content (AvgIpc) is 2.68. The summed E-state index contributed by atoms with van der Waals surface area (Å²) in [5, 5.41) is 12.0. The fourth-order valence-electron chi connectivity index (χ4n) is 2.23. The Balaban J connectivity index is 1.53. The molecule has 0 unspecified atom stereocenters. The molecule has 1 N–H and O–H groups in total. The molecule has 25 heavy (non-hydrogen) atoms. The fraction of sp³-hybridized carbons (Fsp3) is 0.158. The SMILES string of the molecule is CCc1ccc(NC(=O)CSc2ccc(-c3ccncc3)nn2)cc1. The van der Waals surface area contributed by atoms with Crippen LogP contribution in [0.2, 0.25) is 0 Å². The van der Waals surface area contributed by atoms with Crippen LogP contribution in [0.3, 0.4) is 0 Å². The van der Waals surface area contributed by atoms with Gasteiger partial charge in [-0.25, -0.2) is 0 Å². The summed E-state index contributed by atoms with van der Waals surface area (Å²) in [5.41, 5.74) is 3.80. The number of amides is 1. The molecule has 3 aromatic rings. The van der Waals surface area contributed by atoms with Crippen LogP contribution in [-0.2, 0) is 11.2 Å². The normalized spacial score (nSPS) is 10.4. The summed E-state index contributed by atoms with van der Waals surface area (Å²) in [6.45, 7) is 2.10. The third kappa shape index (κ3) is 4.87. The molecule has 6 heteroatoms. The number of hydrogen-bond donors (Lipinski definition) is 1. The Labute approximate surface area is 150 Å². The highest BCUT2D eigenvalue weighted by atomic mass is 32.2. The van der Waals surface area contributed by atoms with Crippen LogP contribution in [0.15, 0.2) is 66.0 Å². The molecule has 0 saturated carbocycles. The summed E-state index contributed by atoms with van der Waals surface area (Å²) in [4.78, 5) is 16.0. The first-order valence-corrected chi connectivity index (χ1v) is 8.99. The number of aromatic nitrogens is 3. The molecule has 0 radical (unpaired) electrons. The number of carbonyl (C=O) groups excluding carboxylic acids is 1. The van der Waals surface area contributed by atoms with Crippen molar-refractivity contribution in [3.63, 3.8) is 0 Å². The minimum absolute atomic E-state index is 0.0609. The van der Waals surface area contributed by atoms with Crippen molar-refractivity contribution in [2.24, 2.45) is 0 Å². The Bertz CT molecular complexity index is 820. The van der Waals surface area contributed by atoms with Crippen molar-refractivity contribution >= 4 is 23.4 Å². The van der Waals surface area contributed by atoms with Gasteiger partial charge in [0.05, 0.1) is 11.4 Å². The van der Waals surface area contributed by atoms with Crippen LogP contribution < -0.4 is 5.32 Å². The zero-order chi connectivity index (χ0) is 17.5. The van der Waals surface area contributed by atoms with Gasteiger partial charge in [0.15, 0.2) is 0 Å². The Morgan fingerprint density at radius 2 is 1.76 bits per heavy atom. The molecule has 0 saturated heterocycles. The molecule has 1 aromatic carbocycles. The lowest BCUT2D eigenvalue weighted by molar-refractivity contribution is -0.113. The molecule has 1 amide bonds. The largest absolute Gasteiger partial charge is 0.325 e.